The first kappa shape index (κ1) is 21.6. The van der Waals surface area contributed by atoms with E-state index in [0.717, 1.165) is 32.9 Å². The normalized spacial score (nSPS) is 11.4. The van der Waals surface area contributed by atoms with Crippen molar-refractivity contribution in [3.05, 3.63) is 105 Å². The van der Waals surface area contributed by atoms with Gasteiger partial charge in [-0.2, -0.15) is 0 Å². The van der Waals surface area contributed by atoms with Crippen molar-refractivity contribution in [1.29, 1.82) is 0 Å². The minimum Gasteiger partial charge on any atom is -0.366 e. The maximum absolute atomic E-state index is 12.3. The number of hydrogen-bond donors (Lipinski definition) is 1. The molecule has 5 aromatic rings. The van der Waals surface area contributed by atoms with Crippen molar-refractivity contribution in [2.75, 3.05) is 0 Å². The summed E-state index contributed by atoms with van der Waals surface area (Å²) in [7, 11) is 0. The molecule has 2 N–H and O–H groups in total. The molecule has 1 heterocycles. The average molecular weight is 472 g/mol. The summed E-state index contributed by atoms with van der Waals surface area (Å²) < 4.78 is 2.20. The van der Waals surface area contributed by atoms with E-state index in [2.05, 4.69) is 48.7 Å². The zero-order valence-electron chi connectivity index (χ0n) is 18.2. The third kappa shape index (κ3) is 3.78. The molecule has 0 saturated heterocycles. The molecule has 163 valence electrons. The molecule has 0 bridgehead atoms. The van der Waals surface area contributed by atoms with Gasteiger partial charge < -0.3 is 10.3 Å². The van der Waals surface area contributed by atoms with Crippen molar-refractivity contribution in [1.82, 2.24) is 4.57 Å². The number of hydrogen-bond acceptors (Lipinski definition) is 1. The summed E-state index contributed by atoms with van der Waals surface area (Å²) in [5.41, 5.74) is 13.3. The Morgan fingerprint density at radius 3 is 2.27 bits per heavy atom. The van der Waals surface area contributed by atoms with Gasteiger partial charge in [0.25, 0.3) is 0 Å². The van der Waals surface area contributed by atoms with E-state index in [0.29, 0.717) is 22.2 Å². The number of carbonyl (C=O) groups excluding carboxylic acids is 1. The van der Waals surface area contributed by atoms with Crippen LogP contribution in [-0.2, 0) is 6.54 Å². The molecule has 4 aromatic carbocycles. The van der Waals surface area contributed by atoms with Crippen LogP contribution in [0, 0.1) is 19.9 Å². The summed E-state index contributed by atoms with van der Waals surface area (Å²) in [6.07, 6.45) is 0. The van der Waals surface area contributed by atoms with Crippen LogP contribution in [0.1, 0.15) is 27.0 Å². The van der Waals surface area contributed by atoms with E-state index < -0.39 is 5.91 Å². The second-order valence-corrected chi connectivity index (χ2v) is 9.21. The van der Waals surface area contributed by atoms with Gasteiger partial charge in [-0.25, -0.2) is 0 Å². The molecule has 1 amide bonds. The summed E-state index contributed by atoms with van der Waals surface area (Å²) in [4.78, 5) is 12.3. The Balaban J connectivity index is 1.83. The topological polar surface area (TPSA) is 48.0 Å². The zero-order chi connectivity index (χ0) is 23.3. The smallest absolute Gasteiger partial charge is 0.249 e. The van der Waals surface area contributed by atoms with Crippen LogP contribution in [-0.4, -0.2) is 10.5 Å². The molecular formula is C28H21Cl2N2O. The molecule has 0 aliphatic rings. The Bertz CT molecular complexity index is 1530. The van der Waals surface area contributed by atoms with E-state index in [1.165, 1.54) is 16.7 Å². The Labute approximate surface area is 202 Å². The van der Waals surface area contributed by atoms with Gasteiger partial charge in [0.2, 0.25) is 5.91 Å². The van der Waals surface area contributed by atoms with Gasteiger partial charge in [0, 0.05) is 38.5 Å². The Hall–Kier alpha value is -3.27. The fourth-order valence-electron chi connectivity index (χ4n) is 4.69. The van der Waals surface area contributed by atoms with E-state index in [1.807, 2.05) is 36.4 Å². The molecule has 0 aliphatic carbocycles. The van der Waals surface area contributed by atoms with Crippen LogP contribution >= 0.6 is 23.2 Å². The monoisotopic (exact) mass is 471 g/mol. The van der Waals surface area contributed by atoms with Crippen LogP contribution in [0.15, 0.2) is 66.7 Å². The molecule has 0 fully saturated rings. The lowest BCUT2D eigenvalue weighted by Gasteiger charge is -2.12. The number of carbonyl (C=O) groups is 1. The van der Waals surface area contributed by atoms with Crippen LogP contribution in [0.5, 0.6) is 0 Å². The lowest BCUT2D eigenvalue weighted by molar-refractivity contribution is 0.100. The summed E-state index contributed by atoms with van der Waals surface area (Å²) in [5, 5.41) is 2.80. The molecule has 0 atom stereocenters. The van der Waals surface area contributed by atoms with Crippen LogP contribution in [0.25, 0.3) is 32.9 Å². The van der Waals surface area contributed by atoms with Crippen molar-refractivity contribution in [3.8, 4) is 11.1 Å². The van der Waals surface area contributed by atoms with Gasteiger partial charge in [-0.15, -0.1) is 0 Å². The van der Waals surface area contributed by atoms with E-state index in [9.17, 15) is 4.79 Å². The lowest BCUT2D eigenvalue weighted by Crippen LogP contribution is -2.11. The van der Waals surface area contributed by atoms with Gasteiger partial charge in [0.15, 0.2) is 0 Å². The number of benzene rings is 4. The fourth-order valence-corrected chi connectivity index (χ4v) is 5.31. The van der Waals surface area contributed by atoms with Gasteiger partial charge in [0.05, 0.1) is 11.0 Å². The van der Waals surface area contributed by atoms with Gasteiger partial charge in [0.1, 0.15) is 0 Å². The minimum absolute atomic E-state index is 0.460. The number of fused-ring (bicyclic) bond motifs is 3. The molecule has 1 radical (unpaired) electrons. The van der Waals surface area contributed by atoms with Crippen molar-refractivity contribution < 1.29 is 4.79 Å². The van der Waals surface area contributed by atoms with E-state index in [-0.39, 0.29) is 0 Å². The third-order valence-corrected chi connectivity index (χ3v) is 6.56. The molecule has 5 rings (SSSR count). The lowest BCUT2D eigenvalue weighted by atomic mass is 10.0. The average Bonchev–Trinajstić information content (AvgIpc) is 3.06. The predicted octanol–water partition coefficient (Wildman–Crippen LogP) is 7.33. The summed E-state index contributed by atoms with van der Waals surface area (Å²) in [6.45, 7) is 4.83. The molecule has 0 unspecified atom stereocenters. The van der Waals surface area contributed by atoms with Gasteiger partial charge in [-0.05, 0) is 67.4 Å². The fraction of sp³-hybridized carbons (Fsp3) is 0.107. The maximum atomic E-state index is 12.3. The maximum Gasteiger partial charge on any atom is 0.249 e. The highest BCUT2D eigenvalue weighted by Gasteiger charge is 2.19. The van der Waals surface area contributed by atoms with Crippen LogP contribution in [0.2, 0.25) is 10.0 Å². The number of nitrogens with two attached hydrogens (primary N) is 1. The highest BCUT2D eigenvalue weighted by Crippen LogP contribution is 2.39. The summed E-state index contributed by atoms with van der Waals surface area (Å²) in [6, 6.07) is 25.0. The van der Waals surface area contributed by atoms with Gasteiger partial charge in [-0.3, -0.25) is 4.79 Å². The molecule has 5 heteroatoms. The summed E-state index contributed by atoms with van der Waals surface area (Å²) in [5.74, 6) is -0.460. The number of nitrogens with zero attached hydrogens (tertiary/aromatic N) is 1. The molecular weight excluding hydrogens is 451 g/mol. The highest BCUT2D eigenvalue weighted by molar-refractivity contribution is 6.39. The Morgan fingerprint density at radius 2 is 1.61 bits per heavy atom. The van der Waals surface area contributed by atoms with Crippen molar-refractivity contribution in [2.45, 2.75) is 20.4 Å². The van der Waals surface area contributed by atoms with Crippen molar-refractivity contribution >= 4 is 50.9 Å². The Morgan fingerprint density at radius 1 is 0.939 bits per heavy atom. The van der Waals surface area contributed by atoms with E-state index >= 15 is 0 Å². The van der Waals surface area contributed by atoms with E-state index in [1.54, 1.807) is 6.07 Å². The molecule has 3 nitrogen and oxygen atoms in total. The third-order valence-electron chi connectivity index (χ3n) is 5.93. The number of aromatic nitrogens is 1. The standard InChI is InChI=1S/C28H21Cl2N2O/c1-16-11-17(2)13-18(12-16)15-32-24-8-3-5-21(28(31)33)27(24)20-10-9-19(14-25(20)32)26-22(29)6-4-7-23(26)30/h3-9,11-14H,15H2,1-2H3,(H2,31,33). The highest BCUT2D eigenvalue weighted by atomic mass is 35.5. The molecule has 0 aliphatic heterocycles. The van der Waals surface area contributed by atoms with Crippen molar-refractivity contribution in [3.63, 3.8) is 0 Å². The zero-order valence-corrected chi connectivity index (χ0v) is 19.8. The predicted molar refractivity (Wildman–Crippen MR) is 137 cm³/mol. The molecule has 1 aromatic heterocycles. The largest absolute Gasteiger partial charge is 0.366 e. The second-order valence-electron chi connectivity index (χ2n) is 8.39. The second kappa shape index (κ2) is 8.26. The number of rotatable bonds is 4. The number of amides is 1. The summed E-state index contributed by atoms with van der Waals surface area (Å²) >= 11 is 13.0. The van der Waals surface area contributed by atoms with Gasteiger partial charge in [-0.1, -0.05) is 64.7 Å². The number of halogens is 2. The van der Waals surface area contributed by atoms with Crippen LogP contribution < -0.4 is 5.73 Å². The number of aryl methyl sites for hydroxylation is 2. The first-order valence-electron chi connectivity index (χ1n) is 10.6. The molecule has 33 heavy (non-hydrogen) atoms. The molecule has 0 spiro atoms. The molecule has 0 saturated carbocycles. The van der Waals surface area contributed by atoms with Crippen LogP contribution in [0.3, 0.4) is 0 Å². The first-order chi connectivity index (χ1) is 15.8. The quantitative estimate of drug-likeness (QED) is 0.292. The van der Waals surface area contributed by atoms with Gasteiger partial charge >= 0.3 is 0 Å². The Kier molecular flexibility index (Phi) is 5.40. The SMILES string of the molecule is Cc1cc(C)cc(Cn2c3cc(-c4c(Cl)cccc4Cl)c[c]c3c3c(C(N)=O)cccc32)c1. The first-order valence-corrected chi connectivity index (χ1v) is 11.4. The minimum atomic E-state index is -0.460. The van der Waals surface area contributed by atoms with E-state index in [4.69, 9.17) is 28.9 Å². The van der Waals surface area contributed by atoms with Crippen LogP contribution in [0.4, 0.5) is 0 Å². The van der Waals surface area contributed by atoms with Crippen molar-refractivity contribution in [2.24, 2.45) is 5.73 Å². The number of primary amides is 1.